The lowest BCUT2D eigenvalue weighted by Gasteiger charge is -2.28. The number of halogens is 1. The van der Waals surface area contributed by atoms with Gasteiger partial charge in [-0.25, -0.2) is 0 Å². The Bertz CT molecular complexity index is 1050. The van der Waals surface area contributed by atoms with Crippen LogP contribution in [-0.2, 0) is 9.53 Å². The highest BCUT2D eigenvalue weighted by molar-refractivity contribution is 8.00. The van der Waals surface area contributed by atoms with Gasteiger partial charge in [0.15, 0.2) is 11.0 Å². The molecular formula is C22H23ClN4O3S. The summed E-state index contributed by atoms with van der Waals surface area (Å²) in [6.45, 7) is 4.26. The van der Waals surface area contributed by atoms with Crippen LogP contribution in [0, 0.1) is 0 Å². The van der Waals surface area contributed by atoms with E-state index in [1.807, 2.05) is 64.9 Å². The lowest BCUT2D eigenvalue weighted by atomic mass is 10.2. The van der Waals surface area contributed by atoms with E-state index in [4.69, 9.17) is 21.1 Å². The van der Waals surface area contributed by atoms with E-state index in [1.54, 1.807) is 7.11 Å². The van der Waals surface area contributed by atoms with Crippen molar-refractivity contribution in [1.82, 2.24) is 19.7 Å². The summed E-state index contributed by atoms with van der Waals surface area (Å²) in [5, 5.41) is 9.82. The molecule has 0 spiro atoms. The second kappa shape index (κ2) is 9.72. The molecule has 1 aromatic heterocycles. The van der Waals surface area contributed by atoms with Crippen molar-refractivity contribution >= 4 is 29.3 Å². The third kappa shape index (κ3) is 4.71. The zero-order valence-electron chi connectivity index (χ0n) is 17.3. The van der Waals surface area contributed by atoms with Crippen LogP contribution in [0.4, 0.5) is 0 Å². The number of hydrogen-bond donors (Lipinski definition) is 0. The summed E-state index contributed by atoms with van der Waals surface area (Å²) in [5.74, 6) is 1.39. The monoisotopic (exact) mass is 458 g/mol. The topological polar surface area (TPSA) is 69.5 Å². The van der Waals surface area contributed by atoms with Crippen LogP contribution in [0.15, 0.2) is 53.7 Å². The molecule has 1 unspecified atom stereocenters. The summed E-state index contributed by atoms with van der Waals surface area (Å²) in [6, 6.07) is 15.1. The molecule has 0 N–H and O–H groups in total. The number of ether oxygens (including phenoxy) is 2. The van der Waals surface area contributed by atoms with Crippen molar-refractivity contribution in [2.75, 3.05) is 33.4 Å². The van der Waals surface area contributed by atoms with E-state index >= 15 is 0 Å². The molecule has 1 aliphatic heterocycles. The average Bonchev–Trinajstić information content (AvgIpc) is 3.22. The quantitative estimate of drug-likeness (QED) is 0.521. The lowest BCUT2D eigenvalue weighted by Crippen LogP contribution is -2.44. The highest BCUT2D eigenvalue weighted by atomic mass is 35.5. The minimum absolute atomic E-state index is 0.0674. The summed E-state index contributed by atoms with van der Waals surface area (Å²) in [5.41, 5.74) is 1.66. The van der Waals surface area contributed by atoms with E-state index in [0.717, 1.165) is 11.3 Å². The van der Waals surface area contributed by atoms with Crippen molar-refractivity contribution in [3.63, 3.8) is 0 Å². The van der Waals surface area contributed by atoms with E-state index in [2.05, 4.69) is 10.2 Å². The number of nitrogens with zero attached hydrogens (tertiary/aromatic N) is 4. The minimum Gasteiger partial charge on any atom is -0.496 e. The third-order valence-corrected chi connectivity index (χ3v) is 6.30. The number of amides is 1. The molecule has 1 fully saturated rings. The molecule has 31 heavy (non-hydrogen) atoms. The third-order valence-electron chi connectivity index (χ3n) is 5.02. The molecular weight excluding hydrogens is 436 g/mol. The van der Waals surface area contributed by atoms with Crippen LogP contribution < -0.4 is 4.74 Å². The molecule has 1 aliphatic rings. The van der Waals surface area contributed by atoms with Gasteiger partial charge in [-0.05, 0) is 43.3 Å². The number of benzene rings is 2. The lowest BCUT2D eigenvalue weighted by molar-refractivity contribution is -0.134. The van der Waals surface area contributed by atoms with E-state index < -0.39 is 0 Å². The van der Waals surface area contributed by atoms with Gasteiger partial charge in [-0.3, -0.25) is 9.36 Å². The molecule has 0 saturated carbocycles. The Labute approximate surface area is 190 Å². The summed E-state index contributed by atoms with van der Waals surface area (Å²) in [7, 11) is 1.63. The first-order valence-corrected chi connectivity index (χ1v) is 11.2. The molecule has 0 bridgehead atoms. The number of hydrogen-bond acceptors (Lipinski definition) is 6. The number of para-hydroxylation sites is 1. The smallest absolute Gasteiger partial charge is 0.236 e. The predicted octanol–water partition coefficient (Wildman–Crippen LogP) is 3.94. The first-order chi connectivity index (χ1) is 15.1. The van der Waals surface area contributed by atoms with E-state index in [0.29, 0.717) is 48.1 Å². The molecule has 0 radical (unpaired) electrons. The van der Waals surface area contributed by atoms with Crippen LogP contribution in [0.5, 0.6) is 5.75 Å². The Morgan fingerprint density at radius 2 is 1.84 bits per heavy atom. The molecule has 2 aromatic carbocycles. The highest BCUT2D eigenvalue weighted by Gasteiger charge is 2.27. The van der Waals surface area contributed by atoms with E-state index in [9.17, 15) is 4.79 Å². The second-order valence-electron chi connectivity index (χ2n) is 7.02. The second-order valence-corrected chi connectivity index (χ2v) is 8.76. The van der Waals surface area contributed by atoms with Gasteiger partial charge in [0.1, 0.15) is 5.75 Å². The van der Waals surface area contributed by atoms with E-state index in [1.165, 1.54) is 11.8 Å². The largest absolute Gasteiger partial charge is 0.496 e. The summed E-state index contributed by atoms with van der Waals surface area (Å²) in [4.78, 5) is 14.8. The molecule has 1 saturated heterocycles. The maximum Gasteiger partial charge on any atom is 0.236 e. The van der Waals surface area contributed by atoms with Gasteiger partial charge in [-0.1, -0.05) is 35.5 Å². The average molecular weight is 459 g/mol. The Hall–Kier alpha value is -2.55. The van der Waals surface area contributed by atoms with E-state index in [-0.39, 0.29) is 11.2 Å². The van der Waals surface area contributed by atoms with Gasteiger partial charge in [0.2, 0.25) is 5.91 Å². The number of carbonyl (C=O) groups is 1. The van der Waals surface area contributed by atoms with Crippen molar-refractivity contribution < 1.29 is 14.3 Å². The van der Waals surface area contributed by atoms with Crippen molar-refractivity contribution in [3.8, 4) is 22.8 Å². The zero-order chi connectivity index (χ0) is 21.8. The number of methoxy groups -OCH3 is 1. The number of morpholine rings is 1. The summed E-state index contributed by atoms with van der Waals surface area (Å²) >= 11 is 7.49. The van der Waals surface area contributed by atoms with Gasteiger partial charge in [0.25, 0.3) is 0 Å². The molecule has 3 aromatic rings. The zero-order valence-corrected chi connectivity index (χ0v) is 18.9. The number of carbonyl (C=O) groups excluding carboxylic acids is 1. The maximum absolute atomic E-state index is 12.9. The van der Waals surface area contributed by atoms with Crippen LogP contribution in [-0.4, -0.2) is 64.2 Å². The van der Waals surface area contributed by atoms with Crippen LogP contribution in [0.2, 0.25) is 5.02 Å². The first-order valence-electron chi connectivity index (χ1n) is 9.96. The molecule has 4 rings (SSSR count). The number of thioether (sulfide) groups is 1. The van der Waals surface area contributed by atoms with Crippen molar-refractivity contribution in [1.29, 1.82) is 0 Å². The number of rotatable bonds is 6. The van der Waals surface area contributed by atoms with Crippen LogP contribution in [0.3, 0.4) is 0 Å². The minimum atomic E-state index is -0.320. The van der Waals surface area contributed by atoms with Gasteiger partial charge in [0.05, 0.1) is 31.1 Å². The van der Waals surface area contributed by atoms with Crippen LogP contribution in [0.25, 0.3) is 17.1 Å². The molecule has 2 heterocycles. The Balaban J connectivity index is 1.71. The SMILES string of the molecule is COc1ccccc1-c1nnc(SC(C)C(=O)N2CCOCC2)n1-c1ccc(Cl)cc1. The van der Waals surface area contributed by atoms with Crippen molar-refractivity contribution in [2.45, 2.75) is 17.3 Å². The van der Waals surface area contributed by atoms with Gasteiger partial charge >= 0.3 is 0 Å². The normalized spacial score (nSPS) is 15.0. The summed E-state index contributed by atoms with van der Waals surface area (Å²) in [6.07, 6.45) is 0. The molecule has 1 amide bonds. The van der Waals surface area contributed by atoms with Gasteiger partial charge in [-0.15, -0.1) is 10.2 Å². The van der Waals surface area contributed by atoms with Crippen LogP contribution >= 0.6 is 23.4 Å². The molecule has 0 aliphatic carbocycles. The molecule has 1 atom stereocenters. The predicted molar refractivity (Wildman–Crippen MR) is 121 cm³/mol. The van der Waals surface area contributed by atoms with Crippen molar-refractivity contribution in [3.05, 3.63) is 53.6 Å². The molecule has 9 heteroatoms. The van der Waals surface area contributed by atoms with Crippen LogP contribution in [0.1, 0.15) is 6.92 Å². The Kier molecular flexibility index (Phi) is 6.80. The fourth-order valence-corrected chi connectivity index (χ4v) is 4.50. The maximum atomic E-state index is 12.9. The summed E-state index contributed by atoms with van der Waals surface area (Å²) < 4.78 is 12.8. The van der Waals surface area contributed by atoms with Gasteiger partial charge in [-0.2, -0.15) is 0 Å². The molecule has 162 valence electrons. The standard InChI is InChI=1S/C22H23ClN4O3S/c1-15(21(28)26-11-13-30-14-12-26)31-22-25-24-20(18-5-3-4-6-19(18)29-2)27(22)17-9-7-16(23)8-10-17/h3-10,15H,11-14H2,1-2H3. The Morgan fingerprint density at radius 1 is 1.13 bits per heavy atom. The first kappa shape index (κ1) is 21.7. The van der Waals surface area contributed by atoms with Crippen molar-refractivity contribution in [2.24, 2.45) is 0 Å². The molecule has 7 nitrogen and oxygen atoms in total. The van der Waals surface area contributed by atoms with Gasteiger partial charge < -0.3 is 14.4 Å². The Morgan fingerprint density at radius 3 is 2.55 bits per heavy atom. The highest BCUT2D eigenvalue weighted by Crippen LogP contribution is 2.34. The fourth-order valence-electron chi connectivity index (χ4n) is 3.42. The fraction of sp³-hybridized carbons (Fsp3) is 0.318. The van der Waals surface area contributed by atoms with Gasteiger partial charge in [0, 0.05) is 23.8 Å². The number of aromatic nitrogens is 3.